The fourth-order valence-electron chi connectivity index (χ4n) is 9.67. The zero-order chi connectivity index (χ0) is 39.7. The molecule has 4 aromatic heterocycles. The summed E-state index contributed by atoms with van der Waals surface area (Å²) < 4.78 is 11.3. The van der Waals surface area contributed by atoms with Gasteiger partial charge < -0.3 is 8.98 Å². The fourth-order valence-corrected chi connectivity index (χ4v) is 10.7. The van der Waals surface area contributed by atoms with Crippen LogP contribution in [0.2, 0.25) is 0 Å². The van der Waals surface area contributed by atoms with Crippen molar-refractivity contribution >= 4 is 75.3 Å². The van der Waals surface area contributed by atoms with Crippen LogP contribution in [0, 0.1) is 0 Å². The van der Waals surface area contributed by atoms with E-state index in [0.717, 1.165) is 38.9 Å². The summed E-state index contributed by atoms with van der Waals surface area (Å²) >= 11 is 1.82. The molecular weight excluding hydrogens is 753 g/mol. The lowest BCUT2D eigenvalue weighted by Gasteiger charge is -2.21. The van der Waals surface area contributed by atoms with Crippen molar-refractivity contribution < 1.29 is 4.42 Å². The first-order chi connectivity index (χ1) is 29.5. The van der Waals surface area contributed by atoms with Crippen LogP contribution < -0.4 is 0 Å². The van der Waals surface area contributed by atoms with Gasteiger partial charge >= 0.3 is 0 Å². The number of rotatable bonds is 4. The van der Waals surface area contributed by atoms with E-state index >= 15 is 0 Å². The molecule has 0 amide bonds. The Labute approximate surface area is 348 Å². The van der Waals surface area contributed by atoms with Gasteiger partial charge in [0.25, 0.3) is 0 Å². The topological polar surface area (TPSA) is 56.7 Å². The number of hydrogen-bond acceptors (Lipinski definition) is 5. The van der Waals surface area contributed by atoms with Crippen LogP contribution in [-0.4, -0.2) is 19.5 Å². The van der Waals surface area contributed by atoms with Gasteiger partial charge in [-0.3, -0.25) is 0 Å². The van der Waals surface area contributed by atoms with Gasteiger partial charge in [-0.15, -0.1) is 11.3 Å². The molecule has 0 aliphatic heterocycles. The molecule has 1 aliphatic rings. The monoisotopic (exact) mass is 786 g/mol. The Balaban J connectivity index is 0.991. The lowest BCUT2D eigenvalue weighted by Crippen LogP contribution is -2.15. The summed E-state index contributed by atoms with van der Waals surface area (Å²) in [6.07, 6.45) is 0. The number of hydrogen-bond donors (Lipinski definition) is 0. The molecule has 0 saturated heterocycles. The molecule has 60 heavy (non-hydrogen) atoms. The molecule has 0 saturated carbocycles. The molecule has 0 atom stereocenters. The Hall–Kier alpha value is -7.41. The molecular formula is C54H34N4OS. The molecule has 282 valence electrons. The summed E-state index contributed by atoms with van der Waals surface area (Å²) in [5.74, 6) is 1.97. The number of benzene rings is 8. The van der Waals surface area contributed by atoms with Gasteiger partial charge in [0.15, 0.2) is 17.5 Å². The van der Waals surface area contributed by atoms with Gasteiger partial charge in [-0.1, -0.05) is 111 Å². The van der Waals surface area contributed by atoms with Crippen LogP contribution in [0.15, 0.2) is 174 Å². The van der Waals surface area contributed by atoms with Crippen molar-refractivity contribution in [1.29, 1.82) is 0 Å². The van der Waals surface area contributed by atoms with E-state index in [-0.39, 0.29) is 5.41 Å². The van der Waals surface area contributed by atoms with E-state index in [1.54, 1.807) is 0 Å². The van der Waals surface area contributed by atoms with Gasteiger partial charge in [0.1, 0.15) is 11.2 Å². The van der Waals surface area contributed by atoms with Crippen molar-refractivity contribution in [3.05, 3.63) is 181 Å². The molecule has 1 aliphatic carbocycles. The minimum Gasteiger partial charge on any atom is -0.456 e. The summed E-state index contributed by atoms with van der Waals surface area (Å²) in [6.45, 7) is 4.70. The Kier molecular flexibility index (Phi) is 6.88. The first-order valence-electron chi connectivity index (χ1n) is 20.3. The van der Waals surface area contributed by atoms with E-state index in [4.69, 9.17) is 19.4 Å². The summed E-state index contributed by atoms with van der Waals surface area (Å²) in [6, 6.07) is 60.6. The third-order valence-electron chi connectivity index (χ3n) is 12.6. The van der Waals surface area contributed by atoms with E-state index < -0.39 is 0 Å². The zero-order valence-electron chi connectivity index (χ0n) is 32.8. The Bertz CT molecular complexity index is 3690. The van der Waals surface area contributed by atoms with Gasteiger partial charge in [-0.05, 0) is 95.1 Å². The maximum absolute atomic E-state index is 6.39. The second-order valence-corrected chi connectivity index (χ2v) is 17.5. The lowest BCUT2D eigenvalue weighted by atomic mass is 9.82. The summed E-state index contributed by atoms with van der Waals surface area (Å²) in [4.78, 5) is 15.0. The fraction of sp³-hybridized carbons (Fsp3) is 0.0556. The lowest BCUT2D eigenvalue weighted by molar-refractivity contribution is 0.647. The largest absolute Gasteiger partial charge is 0.456 e. The summed E-state index contributed by atoms with van der Waals surface area (Å²) in [7, 11) is 0. The van der Waals surface area contributed by atoms with Crippen LogP contribution in [-0.2, 0) is 5.41 Å². The zero-order valence-corrected chi connectivity index (χ0v) is 33.6. The second-order valence-electron chi connectivity index (χ2n) is 16.4. The number of aromatic nitrogens is 4. The van der Waals surface area contributed by atoms with Crippen LogP contribution >= 0.6 is 11.3 Å². The van der Waals surface area contributed by atoms with Crippen LogP contribution in [0.1, 0.15) is 25.0 Å². The third-order valence-corrected chi connectivity index (χ3v) is 13.8. The minimum absolute atomic E-state index is 0.215. The van der Waals surface area contributed by atoms with Crippen molar-refractivity contribution in [3.8, 4) is 51.0 Å². The first kappa shape index (κ1) is 33.6. The summed E-state index contributed by atoms with van der Waals surface area (Å²) in [5.41, 5.74) is 13.3. The van der Waals surface area contributed by atoms with E-state index in [1.807, 2.05) is 78.1 Å². The van der Waals surface area contributed by atoms with E-state index in [9.17, 15) is 0 Å². The van der Waals surface area contributed by atoms with E-state index in [2.05, 4.69) is 122 Å². The van der Waals surface area contributed by atoms with Crippen molar-refractivity contribution in [2.45, 2.75) is 19.3 Å². The highest BCUT2D eigenvalue weighted by atomic mass is 32.1. The van der Waals surface area contributed by atoms with Crippen molar-refractivity contribution in [2.24, 2.45) is 0 Å². The van der Waals surface area contributed by atoms with Crippen LogP contribution in [0.3, 0.4) is 0 Å². The predicted molar refractivity (Wildman–Crippen MR) is 248 cm³/mol. The number of para-hydroxylation sites is 2. The highest BCUT2D eigenvalue weighted by molar-refractivity contribution is 7.25. The molecule has 13 rings (SSSR count). The first-order valence-corrected chi connectivity index (χ1v) is 21.2. The molecule has 0 N–H and O–H groups in total. The normalized spacial score (nSPS) is 13.3. The Morgan fingerprint density at radius 1 is 0.433 bits per heavy atom. The van der Waals surface area contributed by atoms with Crippen molar-refractivity contribution in [3.63, 3.8) is 0 Å². The average Bonchev–Trinajstić information content (AvgIpc) is 4.01. The molecule has 0 fully saturated rings. The maximum Gasteiger partial charge on any atom is 0.164 e. The maximum atomic E-state index is 6.39. The highest BCUT2D eigenvalue weighted by Crippen LogP contribution is 2.53. The van der Waals surface area contributed by atoms with Crippen LogP contribution in [0.4, 0.5) is 0 Å². The third kappa shape index (κ3) is 4.82. The SMILES string of the molecule is CC1(C)c2cc3oc4ccccc4c3cc2-c2cc3c4ccccc4n(-c4ccc5sc6ccc(-c7nc(-c8ccccc8)nc(-c8ccccc8)n7)cc6c5c4)c3cc21. The molecule has 5 nitrogen and oxygen atoms in total. The van der Waals surface area contributed by atoms with Gasteiger partial charge in [0.05, 0.1) is 11.0 Å². The summed E-state index contributed by atoms with van der Waals surface area (Å²) in [5, 5.41) is 7.22. The number of thiophene rings is 1. The number of nitrogens with zero attached hydrogens (tertiary/aromatic N) is 4. The van der Waals surface area contributed by atoms with Gasteiger partial charge in [0.2, 0.25) is 0 Å². The Morgan fingerprint density at radius 3 is 1.75 bits per heavy atom. The molecule has 4 heterocycles. The second kappa shape index (κ2) is 12.3. The molecule has 0 bridgehead atoms. The van der Waals surface area contributed by atoms with Crippen molar-refractivity contribution in [2.75, 3.05) is 0 Å². The average molecular weight is 787 g/mol. The van der Waals surface area contributed by atoms with E-state index in [0.29, 0.717) is 17.5 Å². The Morgan fingerprint density at radius 2 is 1.02 bits per heavy atom. The molecule has 0 radical (unpaired) electrons. The van der Waals surface area contributed by atoms with Crippen LogP contribution in [0.25, 0.3) is 115 Å². The van der Waals surface area contributed by atoms with Gasteiger partial charge in [-0.2, -0.15) is 0 Å². The number of furan rings is 1. The van der Waals surface area contributed by atoms with E-state index in [1.165, 1.54) is 69.6 Å². The standard InChI is InChI=1S/C54H34N4OS/c1-54(2)43-29-46-39(27-37(43)38-28-40-36-18-10-12-20-47(36)59-48(40)30-44(38)54)35-17-9-11-19-45(35)58(46)34-22-24-50-42(26-34)41-25-33(21-23-49(41)60-50)53-56-51(31-13-5-3-6-14-31)55-52(57-53)32-15-7-4-8-16-32/h3-30H,1-2H3. The number of fused-ring (bicyclic) bond motifs is 12. The molecule has 8 aromatic carbocycles. The van der Waals surface area contributed by atoms with Gasteiger partial charge in [-0.25, -0.2) is 15.0 Å². The highest BCUT2D eigenvalue weighted by Gasteiger charge is 2.37. The predicted octanol–water partition coefficient (Wildman–Crippen LogP) is 14.5. The molecule has 0 unspecified atom stereocenters. The minimum atomic E-state index is -0.215. The molecule has 0 spiro atoms. The van der Waals surface area contributed by atoms with Crippen LogP contribution in [0.5, 0.6) is 0 Å². The van der Waals surface area contributed by atoms with Crippen molar-refractivity contribution in [1.82, 2.24) is 19.5 Å². The molecule has 6 heteroatoms. The van der Waals surface area contributed by atoms with Gasteiger partial charge in [0, 0.05) is 69.5 Å². The molecule has 12 aromatic rings. The smallest absolute Gasteiger partial charge is 0.164 e. The quantitative estimate of drug-likeness (QED) is 0.178.